The van der Waals surface area contributed by atoms with Crippen molar-refractivity contribution < 1.29 is 14.3 Å². The Labute approximate surface area is 85.0 Å². The van der Waals surface area contributed by atoms with Gasteiger partial charge in [0.1, 0.15) is 6.61 Å². The zero-order valence-electron chi connectivity index (χ0n) is 9.29. The van der Waals surface area contributed by atoms with E-state index in [2.05, 4.69) is 5.32 Å². The number of carbonyl (C=O) groups is 2. The number of rotatable bonds is 6. The molecule has 4 heteroatoms. The third-order valence-electron chi connectivity index (χ3n) is 1.86. The van der Waals surface area contributed by atoms with E-state index in [0.29, 0.717) is 6.61 Å². The van der Waals surface area contributed by atoms with Crippen molar-refractivity contribution in [1.82, 2.24) is 5.32 Å². The maximum Gasteiger partial charge on any atom is 0.246 e. The summed E-state index contributed by atoms with van der Waals surface area (Å²) in [6.45, 7) is 7.61. The fraction of sp³-hybridized carbons (Fsp3) is 0.800. The summed E-state index contributed by atoms with van der Waals surface area (Å²) in [4.78, 5) is 22.4. The molecular weight excluding hydrogens is 182 g/mol. The summed E-state index contributed by atoms with van der Waals surface area (Å²) in [7, 11) is 0. The highest BCUT2D eigenvalue weighted by Crippen LogP contribution is 2.02. The molecule has 0 aliphatic rings. The van der Waals surface area contributed by atoms with Crippen LogP contribution in [0.5, 0.6) is 0 Å². The minimum atomic E-state index is -0.400. The molecule has 0 saturated carbocycles. The largest absolute Gasteiger partial charge is 0.372 e. The Hall–Kier alpha value is -0.900. The van der Waals surface area contributed by atoms with Crippen LogP contribution in [0, 0.1) is 5.92 Å². The van der Waals surface area contributed by atoms with Crippen molar-refractivity contribution in [1.29, 1.82) is 0 Å². The van der Waals surface area contributed by atoms with Gasteiger partial charge in [0.15, 0.2) is 5.78 Å². The van der Waals surface area contributed by atoms with E-state index in [-0.39, 0.29) is 24.2 Å². The van der Waals surface area contributed by atoms with E-state index in [9.17, 15) is 9.59 Å². The molecule has 0 aromatic carbocycles. The average Bonchev–Trinajstić information content (AvgIpc) is 2.09. The van der Waals surface area contributed by atoms with Gasteiger partial charge in [-0.3, -0.25) is 9.59 Å². The molecule has 1 N–H and O–H groups in total. The summed E-state index contributed by atoms with van der Waals surface area (Å²) >= 11 is 0. The molecule has 0 radical (unpaired) electrons. The molecule has 0 aromatic heterocycles. The molecule has 0 aromatic rings. The first-order chi connectivity index (χ1) is 6.49. The molecule has 0 heterocycles. The molecule has 0 spiro atoms. The Morgan fingerprint density at radius 3 is 2.29 bits per heavy atom. The van der Waals surface area contributed by atoms with Gasteiger partial charge in [-0.25, -0.2) is 0 Å². The highest BCUT2D eigenvalue weighted by Gasteiger charge is 2.20. The Kier molecular flexibility index (Phi) is 6.12. The number of amides is 1. The van der Waals surface area contributed by atoms with Crippen LogP contribution >= 0.6 is 0 Å². The van der Waals surface area contributed by atoms with Gasteiger partial charge in [-0.15, -0.1) is 0 Å². The lowest BCUT2D eigenvalue weighted by molar-refractivity contribution is -0.130. The van der Waals surface area contributed by atoms with Crippen LogP contribution in [-0.4, -0.2) is 30.9 Å². The fourth-order valence-corrected chi connectivity index (χ4v) is 1.15. The molecule has 0 fully saturated rings. The summed E-state index contributed by atoms with van der Waals surface area (Å²) in [5.74, 6) is -0.149. The van der Waals surface area contributed by atoms with Gasteiger partial charge in [0.2, 0.25) is 5.91 Å². The molecule has 1 unspecified atom stereocenters. The quantitative estimate of drug-likeness (QED) is 0.690. The van der Waals surface area contributed by atoms with E-state index in [4.69, 9.17) is 4.74 Å². The zero-order valence-corrected chi connectivity index (χ0v) is 9.29. The number of hydrogen-bond acceptors (Lipinski definition) is 3. The number of ether oxygens (including phenoxy) is 1. The van der Waals surface area contributed by atoms with Crippen LogP contribution in [0.2, 0.25) is 0 Å². The summed E-state index contributed by atoms with van der Waals surface area (Å²) in [5.41, 5.74) is 0. The summed E-state index contributed by atoms with van der Waals surface area (Å²) in [6, 6.07) is -0.400. The molecule has 1 amide bonds. The van der Waals surface area contributed by atoms with Crippen LogP contribution in [0.4, 0.5) is 0 Å². The predicted octanol–water partition coefficient (Wildman–Crippen LogP) is 0.753. The third-order valence-corrected chi connectivity index (χ3v) is 1.86. The lowest BCUT2D eigenvalue weighted by atomic mass is 10.0. The second-order valence-corrected chi connectivity index (χ2v) is 3.54. The smallest absolute Gasteiger partial charge is 0.246 e. The van der Waals surface area contributed by atoms with Gasteiger partial charge in [0.05, 0.1) is 6.04 Å². The Balaban J connectivity index is 4.04. The topological polar surface area (TPSA) is 55.4 Å². The lowest BCUT2D eigenvalue weighted by Gasteiger charge is -2.19. The Morgan fingerprint density at radius 1 is 1.36 bits per heavy atom. The number of nitrogens with one attached hydrogen (secondary N) is 1. The molecule has 0 aliphatic heterocycles. The average molecular weight is 201 g/mol. The standard InChI is InChI=1S/C10H19NO3/c1-5-14-6-9(13)11-10(7(2)3)8(4)12/h7,10H,5-6H2,1-4H3,(H,11,13). The normalized spacial score (nSPS) is 12.6. The fourth-order valence-electron chi connectivity index (χ4n) is 1.15. The number of Topliss-reactive ketones (excluding diaryl/α,β-unsaturated/α-hetero) is 1. The number of ketones is 1. The van der Waals surface area contributed by atoms with Crippen molar-refractivity contribution in [2.75, 3.05) is 13.2 Å². The maximum absolute atomic E-state index is 11.2. The number of hydrogen-bond donors (Lipinski definition) is 1. The maximum atomic E-state index is 11.2. The van der Waals surface area contributed by atoms with E-state index in [1.54, 1.807) is 0 Å². The molecule has 0 rings (SSSR count). The summed E-state index contributed by atoms with van der Waals surface area (Å²) < 4.78 is 4.93. The highest BCUT2D eigenvalue weighted by atomic mass is 16.5. The highest BCUT2D eigenvalue weighted by molar-refractivity contribution is 5.88. The van der Waals surface area contributed by atoms with Crippen LogP contribution in [-0.2, 0) is 14.3 Å². The second-order valence-electron chi connectivity index (χ2n) is 3.54. The van der Waals surface area contributed by atoms with Gasteiger partial charge in [0, 0.05) is 6.61 Å². The first kappa shape index (κ1) is 13.1. The van der Waals surface area contributed by atoms with E-state index >= 15 is 0 Å². The predicted molar refractivity (Wildman–Crippen MR) is 53.9 cm³/mol. The van der Waals surface area contributed by atoms with E-state index in [0.717, 1.165) is 0 Å². The molecule has 14 heavy (non-hydrogen) atoms. The van der Waals surface area contributed by atoms with Crippen LogP contribution in [0.1, 0.15) is 27.7 Å². The monoisotopic (exact) mass is 201 g/mol. The van der Waals surface area contributed by atoms with Crippen LogP contribution in [0.25, 0.3) is 0 Å². The first-order valence-corrected chi connectivity index (χ1v) is 4.86. The molecule has 0 aliphatic carbocycles. The van der Waals surface area contributed by atoms with Crippen LogP contribution in [0.3, 0.4) is 0 Å². The Morgan fingerprint density at radius 2 is 1.93 bits per heavy atom. The van der Waals surface area contributed by atoms with Crippen molar-refractivity contribution in [2.45, 2.75) is 33.7 Å². The Bertz CT molecular complexity index is 202. The third kappa shape index (κ3) is 4.97. The SMILES string of the molecule is CCOCC(=O)NC(C(C)=O)C(C)C. The minimum Gasteiger partial charge on any atom is -0.372 e. The van der Waals surface area contributed by atoms with Crippen molar-refractivity contribution >= 4 is 11.7 Å². The van der Waals surface area contributed by atoms with Crippen molar-refractivity contribution in [3.8, 4) is 0 Å². The molecule has 0 bridgehead atoms. The van der Waals surface area contributed by atoms with Gasteiger partial charge in [0.25, 0.3) is 0 Å². The first-order valence-electron chi connectivity index (χ1n) is 4.86. The van der Waals surface area contributed by atoms with Gasteiger partial charge >= 0.3 is 0 Å². The van der Waals surface area contributed by atoms with E-state index in [1.807, 2.05) is 20.8 Å². The van der Waals surface area contributed by atoms with Gasteiger partial charge in [-0.2, -0.15) is 0 Å². The number of carbonyl (C=O) groups excluding carboxylic acids is 2. The minimum absolute atomic E-state index is 0.0208. The van der Waals surface area contributed by atoms with E-state index < -0.39 is 6.04 Å². The summed E-state index contributed by atoms with van der Waals surface area (Å²) in [6.07, 6.45) is 0. The molecule has 0 saturated heterocycles. The van der Waals surface area contributed by atoms with Crippen LogP contribution in [0.15, 0.2) is 0 Å². The molecule has 82 valence electrons. The molecular formula is C10H19NO3. The van der Waals surface area contributed by atoms with E-state index in [1.165, 1.54) is 6.92 Å². The molecule has 1 atom stereocenters. The van der Waals surface area contributed by atoms with Gasteiger partial charge in [-0.1, -0.05) is 13.8 Å². The van der Waals surface area contributed by atoms with Crippen molar-refractivity contribution in [2.24, 2.45) is 5.92 Å². The lowest BCUT2D eigenvalue weighted by Crippen LogP contribution is -2.44. The second kappa shape index (κ2) is 6.54. The van der Waals surface area contributed by atoms with Gasteiger partial charge < -0.3 is 10.1 Å². The van der Waals surface area contributed by atoms with Gasteiger partial charge in [-0.05, 0) is 19.8 Å². The van der Waals surface area contributed by atoms with Crippen molar-refractivity contribution in [3.63, 3.8) is 0 Å². The molecule has 4 nitrogen and oxygen atoms in total. The van der Waals surface area contributed by atoms with Crippen molar-refractivity contribution in [3.05, 3.63) is 0 Å². The zero-order chi connectivity index (χ0) is 11.1. The van der Waals surface area contributed by atoms with Crippen LogP contribution < -0.4 is 5.32 Å². The summed E-state index contributed by atoms with van der Waals surface area (Å²) in [5, 5.41) is 2.64.